The molecule has 3 N–H and O–H groups in total. The summed E-state index contributed by atoms with van der Waals surface area (Å²) in [5, 5.41) is 12.9. The number of halogens is 1. The van der Waals surface area contributed by atoms with Gasteiger partial charge in [-0.2, -0.15) is 0 Å². The highest BCUT2D eigenvalue weighted by atomic mass is 35.5. The Morgan fingerprint density at radius 2 is 1.91 bits per heavy atom. The van der Waals surface area contributed by atoms with Gasteiger partial charge in [-0.05, 0) is 43.0 Å². The average molecular weight is 331 g/mol. The van der Waals surface area contributed by atoms with Crippen molar-refractivity contribution in [1.29, 1.82) is 0 Å². The molecule has 0 bridgehead atoms. The number of benzene rings is 1. The molecule has 0 unspecified atom stereocenters. The third-order valence-corrected chi connectivity index (χ3v) is 3.99. The van der Waals surface area contributed by atoms with Crippen LogP contribution in [0.5, 0.6) is 5.75 Å². The fourth-order valence-electron chi connectivity index (χ4n) is 2.22. The predicted octanol–water partition coefficient (Wildman–Crippen LogP) is 2.11. The van der Waals surface area contributed by atoms with Gasteiger partial charge < -0.3 is 19.9 Å². The summed E-state index contributed by atoms with van der Waals surface area (Å²) in [6.45, 7) is 9.76. The maximum Gasteiger partial charge on any atom is 0.137 e. The van der Waals surface area contributed by atoms with E-state index in [0.29, 0.717) is 25.1 Å². The molecule has 0 spiro atoms. The van der Waals surface area contributed by atoms with E-state index in [2.05, 4.69) is 26.1 Å². The maximum atomic E-state index is 10.1. The first-order chi connectivity index (χ1) is 10.3. The summed E-state index contributed by atoms with van der Waals surface area (Å²) in [5.74, 6) is 1.12. The normalized spacial score (nSPS) is 14.2. The van der Waals surface area contributed by atoms with Crippen molar-refractivity contribution in [2.45, 2.75) is 45.8 Å². The lowest BCUT2D eigenvalue weighted by atomic mass is 10.0. The van der Waals surface area contributed by atoms with E-state index in [1.165, 1.54) is 0 Å². The van der Waals surface area contributed by atoms with Crippen LogP contribution in [0, 0.1) is 6.92 Å². The van der Waals surface area contributed by atoms with Crippen molar-refractivity contribution in [2.75, 3.05) is 26.9 Å². The van der Waals surface area contributed by atoms with E-state index in [1.54, 1.807) is 7.11 Å². The van der Waals surface area contributed by atoms with Crippen molar-refractivity contribution in [1.82, 2.24) is 0 Å². The second-order valence-corrected chi connectivity index (χ2v) is 6.57. The monoisotopic (exact) mass is 330 g/mol. The number of quaternary nitrogens is 1. The molecule has 0 saturated heterocycles. The van der Waals surface area contributed by atoms with Gasteiger partial charge in [-0.3, -0.25) is 0 Å². The van der Waals surface area contributed by atoms with Crippen molar-refractivity contribution in [3.05, 3.63) is 28.3 Å². The Bertz CT molecular complexity index is 465. The van der Waals surface area contributed by atoms with Crippen molar-refractivity contribution >= 4 is 11.6 Å². The molecule has 5 heteroatoms. The van der Waals surface area contributed by atoms with Gasteiger partial charge in [-0.25, -0.2) is 0 Å². The molecule has 0 amide bonds. The Balaban J connectivity index is 2.58. The van der Waals surface area contributed by atoms with Gasteiger partial charge in [0.1, 0.15) is 31.0 Å². The second-order valence-electron chi connectivity index (χ2n) is 6.16. The van der Waals surface area contributed by atoms with Gasteiger partial charge in [0.05, 0.1) is 6.61 Å². The minimum atomic E-state index is -0.518. The van der Waals surface area contributed by atoms with Crippen LogP contribution in [-0.4, -0.2) is 44.1 Å². The van der Waals surface area contributed by atoms with Crippen molar-refractivity contribution in [3.8, 4) is 5.75 Å². The van der Waals surface area contributed by atoms with Gasteiger partial charge in [-0.15, -0.1) is 0 Å². The van der Waals surface area contributed by atoms with E-state index in [4.69, 9.17) is 21.1 Å². The standard InChI is InChI=1S/C17H28ClNO3/c1-11(2)15-7-16(18)12(3)6-17(15)22-10-14(20)8-19-13(4)9-21-5/h6-7,11,13-14,19-20H,8-10H2,1-5H3/p+1/t13-,14-/m1/s1. The molecule has 0 aliphatic rings. The van der Waals surface area contributed by atoms with E-state index in [9.17, 15) is 5.11 Å². The zero-order chi connectivity index (χ0) is 16.7. The quantitative estimate of drug-likeness (QED) is 0.729. The van der Waals surface area contributed by atoms with Gasteiger partial charge in [0.15, 0.2) is 0 Å². The molecule has 1 aromatic rings. The molecule has 0 heterocycles. The summed E-state index contributed by atoms with van der Waals surface area (Å²) in [4.78, 5) is 0. The number of aliphatic hydroxyl groups excluding tert-OH is 1. The highest BCUT2D eigenvalue weighted by molar-refractivity contribution is 6.31. The van der Waals surface area contributed by atoms with Crippen LogP contribution in [0.3, 0.4) is 0 Å². The molecule has 0 radical (unpaired) electrons. The Kier molecular flexibility index (Phi) is 8.18. The number of aliphatic hydroxyl groups is 1. The first-order valence-electron chi connectivity index (χ1n) is 7.78. The van der Waals surface area contributed by atoms with Gasteiger partial charge in [-0.1, -0.05) is 25.4 Å². The van der Waals surface area contributed by atoms with Crippen LogP contribution in [0.2, 0.25) is 5.02 Å². The minimum absolute atomic E-state index is 0.275. The van der Waals surface area contributed by atoms with E-state index in [-0.39, 0.29) is 6.61 Å². The van der Waals surface area contributed by atoms with E-state index < -0.39 is 6.10 Å². The number of methoxy groups -OCH3 is 1. The first kappa shape index (κ1) is 19.2. The Morgan fingerprint density at radius 3 is 2.50 bits per heavy atom. The zero-order valence-corrected chi connectivity index (χ0v) is 15.0. The van der Waals surface area contributed by atoms with Crippen LogP contribution in [0.1, 0.15) is 37.8 Å². The molecular weight excluding hydrogens is 302 g/mol. The smallest absolute Gasteiger partial charge is 0.137 e. The van der Waals surface area contributed by atoms with E-state index in [0.717, 1.165) is 21.9 Å². The molecule has 1 rings (SSSR count). The first-order valence-corrected chi connectivity index (χ1v) is 8.16. The molecule has 2 atom stereocenters. The summed E-state index contributed by atoms with van der Waals surface area (Å²) in [6, 6.07) is 4.22. The lowest BCUT2D eigenvalue weighted by Crippen LogP contribution is -2.92. The zero-order valence-electron chi connectivity index (χ0n) is 14.2. The summed E-state index contributed by atoms with van der Waals surface area (Å²) in [7, 11) is 1.68. The van der Waals surface area contributed by atoms with Gasteiger partial charge in [0.2, 0.25) is 0 Å². The third-order valence-electron chi connectivity index (χ3n) is 3.58. The molecule has 0 aromatic heterocycles. The highest BCUT2D eigenvalue weighted by Crippen LogP contribution is 2.32. The van der Waals surface area contributed by atoms with Crippen LogP contribution in [0.15, 0.2) is 12.1 Å². The fraction of sp³-hybridized carbons (Fsp3) is 0.647. The van der Waals surface area contributed by atoms with Gasteiger partial charge >= 0.3 is 0 Å². The molecule has 1 aromatic carbocycles. The fourth-order valence-corrected chi connectivity index (χ4v) is 2.39. The molecule has 0 aliphatic heterocycles. The molecule has 4 nitrogen and oxygen atoms in total. The number of nitrogens with two attached hydrogens (primary N) is 1. The largest absolute Gasteiger partial charge is 0.490 e. The summed E-state index contributed by atoms with van der Waals surface area (Å²) >= 11 is 6.19. The van der Waals surface area contributed by atoms with Crippen molar-refractivity contribution in [3.63, 3.8) is 0 Å². The van der Waals surface area contributed by atoms with Crippen LogP contribution < -0.4 is 10.1 Å². The Hall–Kier alpha value is -0.810. The van der Waals surface area contributed by atoms with Crippen LogP contribution in [-0.2, 0) is 4.74 Å². The lowest BCUT2D eigenvalue weighted by Gasteiger charge is -2.18. The molecule has 22 heavy (non-hydrogen) atoms. The number of hydrogen-bond donors (Lipinski definition) is 2. The molecule has 0 fully saturated rings. The predicted molar refractivity (Wildman–Crippen MR) is 89.9 cm³/mol. The second kappa shape index (κ2) is 9.36. The third kappa shape index (κ3) is 6.13. The SMILES string of the molecule is COC[C@@H](C)[NH2+]C[C@@H](O)COc1cc(C)c(Cl)cc1C(C)C. The Labute approximate surface area is 138 Å². The lowest BCUT2D eigenvalue weighted by molar-refractivity contribution is -0.693. The van der Waals surface area contributed by atoms with Crippen molar-refractivity contribution < 1.29 is 19.9 Å². The van der Waals surface area contributed by atoms with E-state index in [1.807, 2.05) is 19.1 Å². The van der Waals surface area contributed by atoms with E-state index >= 15 is 0 Å². The van der Waals surface area contributed by atoms with Gasteiger partial charge in [0.25, 0.3) is 0 Å². The minimum Gasteiger partial charge on any atom is -0.490 e. The molecular formula is C17H29ClNO3+. The summed E-state index contributed by atoms with van der Waals surface area (Å²) < 4.78 is 10.9. The van der Waals surface area contributed by atoms with Crippen LogP contribution in [0.4, 0.5) is 0 Å². The van der Waals surface area contributed by atoms with Crippen LogP contribution in [0.25, 0.3) is 0 Å². The van der Waals surface area contributed by atoms with Crippen LogP contribution >= 0.6 is 11.6 Å². The topological polar surface area (TPSA) is 55.3 Å². The number of aryl methyl sites for hydroxylation is 1. The van der Waals surface area contributed by atoms with Gasteiger partial charge in [0, 0.05) is 12.1 Å². The highest BCUT2D eigenvalue weighted by Gasteiger charge is 2.15. The van der Waals surface area contributed by atoms with Crippen molar-refractivity contribution in [2.24, 2.45) is 0 Å². The average Bonchev–Trinajstić information content (AvgIpc) is 2.46. The maximum absolute atomic E-state index is 10.1. The summed E-state index contributed by atoms with van der Waals surface area (Å²) in [5.41, 5.74) is 2.05. The Morgan fingerprint density at radius 1 is 1.23 bits per heavy atom. The number of ether oxygens (including phenoxy) is 2. The molecule has 0 saturated carbocycles. The molecule has 0 aliphatic carbocycles. The number of hydrogen-bond acceptors (Lipinski definition) is 3. The number of rotatable bonds is 9. The summed E-state index contributed by atoms with van der Waals surface area (Å²) in [6.07, 6.45) is -0.518. The molecule has 126 valence electrons.